The van der Waals surface area contributed by atoms with Crippen molar-refractivity contribution in [3.05, 3.63) is 82.2 Å². The van der Waals surface area contributed by atoms with Gasteiger partial charge in [0.25, 0.3) is 5.91 Å². The number of nitrogen functional groups attached to an aromatic ring is 1. The molecule has 8 nitrogen and oxygen atoms in total. The summed E-state index contributed by atoms with van der Waals surface area (Å²) in [4.78, 5) is 29.2. The molecule has 0 bridgehead atoms. The van der Waals surface area contributed by atoms with Gasteiger partial charge >= 0.3 is 0 Å². The normalized spacial score (nSPS) is 15.4. The lowest BCUT2D eigenvalue weighted by molar-refractivity contribution is 0.0954. The van der Waals surface area contributed by atoms with Crippen molar-refractivity contribution in [1.29, 1.82) is 0 Å². The highest BCUT2D eigenvalue weighted by Gasteiger charge is 2.26. The minimum absolute atomic E-state index is 0.117. The number of Topliss-reactive ketones (excluding diaryl/α,β-unsaturated/α-hetero) is 1. The molecule has 2 heterocycles. The van der Waals surface area contributed by atoms with Crippen LogP contribution in [0.3, 0.4) is 0 Å². The van der Waals surface area contributed by atoms with Crippen LogP contribution in [0.4, 0.5) is 11.5 Å². The molecule has 0 unspecified atom stereocenters. The number of nitrogens with one attached hydrogen (secondary N) is 3. The van der Waals surface area contributed by atoms with Gasteiger partial charge in [-0.25, -0.2) is 4.68 Å². The molecule has 2 aliphatic rings. The van der Waals surface area contributed by atoms with Gasteiger partial charge in [-0.3, -0.25) is 9.59 Å². The van der Waals surface area contributed by atoms with Gasteiger partial charge in [0.05, 0.1) is 0 Å². The lowest BCUT2D eigenvalue weighted by Crippen LogP contribution is -2.26. The predicted octanol–water partition coefficient (Wildman–Crippen LogP) is 5.79. The van der Waals surface area contributed by atoms with Crippen LogP contribution >= 0.6 is 11.6 Å². The first-order chi connectivity index (χ1) is 18.4. The Labute approximate surface area is 226 Å². The minimum Gasteiger partial charge on any atom is -0.394 e. The van der Waals surface area contributed by atoms with E-state index in [4.69, 9.17) is 17.3 Å². The van der Waals surface area contributed by atoms with Crippen molar-refractivity contribution in [2.24, 2.45) is 0 Å². The molecule has 2 aliphatic carbocycles. The number of ketones is 1. The van der Waals surface area contributed by atoms with Crippen LogP contribution in [0.15, 0.2) is 70.9 Å². The van der Waals surface area contributed by atoms with E-state index in [0.29, 0.717) is 61.4 Å². The van der Waals surface area contributed by atoms with E-state index in [1.54, 1.807) is 4.68 Å². The van der Waals surface area contributed by atoms with E-state index in [1.165, 1.54) is 5.57 Å². The van der Waals surface area contributed by atoms with Gasteiger partial charge in [0.15, 0.2) is 11.5 Å². The molecule has 0 spiro atoms. The van der Waals surface area contributed by atoms with Crippen LogP contribution < -0.4 is 16.4 Å². The Morgan fingerprint density at radius 3 is 2.71 bits per heavy atom. The van der Waals surface area contributed by atoms with Gasteiger partial charge in [-0.1, -0.05) is 35.4 Å². The topological polar surface area (TPSA) is 118 Å². The van der Waals surface area contributed by atoms with Crippen molar-refractivity contribution >= 4 is 51.4 Å². The largest absolute Gasteiger partial charge is 0.394 e. The van der Waals surface area contributed by atoms with Gasteiger partial charge in [-0.15, -0.1) is 0 Å². The maximum atomic E-state index is 13.3. The Morgan fingerprint density at radius 2 is 1.95 bits per heavy atom. The first-order valence-corrected chi connectivity index (χ1v) is 13.2. The number of allylic oxidation sites excluding steroid dienone is 8. The number of nitrogens with zero attached hydrogens (tertiary/aromatic N) is 2. The number of benzene rings is 1. The van der Waals surface area contributed by atoms with E-state index in [0.717, 1.165) is 28.1 Å². The standard InChI is InChI=1S/C29H31ClN6O2/c1-18-6-8-19(9-7-18)27(37)26-25(31)28(36(35-26)21-12-10-20(30)11-13-21)33-15-3-16-34-29(38)23-4-2-5-24-22(23)14-17-32-24/h2,4-6,8,10,12,14,17,32-33H,3,7,9,11,13,15-16,31H2,1H3,(H,34,38). The monoisotopic (exact) mass is 530 g/mol. The fraction of sp³-hybridized carbons (Fsp3) is 0.276. The zero-order chi connectivity index (χ0) is 26.6. The molecule has 0 fully saturated rings. The number of H-pyrrole nitrogens is 1. The molecular weight excluding hydrogens is 500 g/mol. The van der Waals surface area contributed by atoms with E-state index >= 15 is 0 Å². The molecule has 0 radical (unpaired) electrons. The average molecular weight is 531 g/mol. The van der Waals surface area contributed by atoms with Crippen molar-refractivity contribution in [2.45, 2.75) is 39.0 Å². The van der Waals surface area contributed by atoms with E-state index < -0.39 is 0 Å². The molecule has 196 valence electrons. The fourth-order valence-electron chi connectivity index (χ4n) is 4.71. The lowest BCUT2D eigenvalue weighted by Gasteiger charge is -2.15. The van der Waals surface area contributed by atoms with Crippen molar-refractivity contribution in [3.8, 4) is 0 Å². The number of carbonyl (C=O) groups excluding carboxylic acids is 2. The van der Waals surface area contributed by atoms with Crippen LogP contribution in [-0.4, -0.2) is 39.5 Å². The quantitative estimate of drug-likeness (QED) is 0.206. The Kier molecular flexibility index (Phi) is 7.51. The van der Waals surface area contributed by atoms with Gasteiger partial charge in [-0.2, -0.15) is 5.10 Å². The summed E-state index contributed by atoms with van der Waals surface area (Å²) in [5.41, 5.74) is 11.5. The number of fused-ring (bicyclic) bond motifs is 1. The minimum atomic E-state index is -0.149. The van der Waals surface area contributed by atoms with Crippen LogP contribution in [0, 0.1) is 0 Å². The summed E-state index contributed by atoms with van der Waals surface area (Å²) in [6, 6.07) is 7.52. The number of aromatic nitrogens is 3. The lowest BCUT2D eigenvalue weighted by atomic mass is 9.95. The zero-order valence-electron chi connectivity index (χ0n) is 21.3. The molecule has 1 amide bonds. The summed E-state index contributed by atoms with van der Waals surface area (Å²) in [5, 5.41) is 12.7. The first-order valence-electron chi connectivity index (χ1n) is 12.9. The number of amides is 1. The molecule has 5 rings (SSSR count). The molecule has 1 aromatic carbocycles. The second-order valence-electron chi connectivity index (χ2n) is 9.61. The maximum absolute atomic E-state index is 13.3. The summed E-state index contributed by atoms with van der Waals surface area (Å²) in [6.07, 6.45) is 13.0. The highest BCUT2D eigenvalue weighted by Crippen LogP contribution is 2.33. The molecule has 0 saturated heterocycles. The maximum Gasteiger partial charge on any atom is 0.251 e. The number of aromatic amines is 1. The third kappa shape index (κ3) is 5.31. The van der Waals surface area contributed by atoms with Gasteiger partial charge < -0.3 is 21.4 Å². The molecule has 38 heavy (non-hydrogen) atoms. The summed E-state index contributed by atoms with van der Waals surface area (Å²) in [5.74, 6) is 0.315. The van der Waals surface area contributed by atoms with Crippen LogP contribution in [0.25, 0.3) is 16.6 Å². The average Bonchev–Trinajstić information content (AvgIpc) is 3.53. The number of rotatable bonds is 9. The van der Waals surface area contributed by atoms with Gasteiger partial charge in [0.2, 0.25) is 5.78 Å². The van der Waals surface area contributed by atoms with E-state index in [2.05, 4.69) is 27.6 Å². The van der Waals surface area contributed by atoms with Gasteiger partial charge in [0.1, 0.15) is 5.69 Å². The Balaban J connectivity index is 1.28. The summed E-state index contributed by atoms with van der Waals surface area (Å²) >= 11 is 6.17. The third-order valence-electron chi connectivity index (χ3n) is 6.91. The number of anilines is 2. The molecule has 0 aliphatic heterocycles. The molecule has 9 heteroatoms. The summed E-state index contributed by atoms with van der Waals surface area (Å²) in [6.45, 7) is 3.07. The van der Waals surface area contributed by atoms with Crippen LogP contribution in [0.5, 0.6) is 0 Å². The molecule has 2 aromatic heterocycles. The fourth-order valence-corrected chi connectivity index (χ4v) is 4.87. The van der Waals surface area contributed by atoms with Gasteiger partial charge in [-0.05, 0) is 69.4 Å². The zero-order valence-corrected chi connectivity index (χ0v) is 22.1. The van der Waals surface area contributed by atoms with E-state index in [-0.39, 0.29) is 17.4 Å². The first kappa shape index (κ1) is 25.6. The second kappa shape index (κ2) is 11.1. The third-order valence-corrected chi connectivity index (χ3v) is 7.22. The second-order valence-corrected chi connectivity index (χ2v) is 10.1. The van der Waals surface area contributed by atoms with Crippen LogP contribution in [-0.2, 0) is 0 Å². The van der Waals surface area contributed by atoms with Crippen molar-refractivity contribution in [3.63, 3.8) is 0 Å². The molecule has 0 saturated carbocycles. The molecule has 5 N–H and O–H groups in total. The summed E-state index contributed by atoms with van der Waals surface area (Å²) in [7, 11) is 0. The SMILES string of the molecule is CC1=CC=C(C(=O)c2nn(C3=CC=C(Cl)CC3)c(NCCCNC(=O)c3cccc4[nH]ccc34)c2N)CC1. The summed E-state index contributed by atoms with van der Waals surface area (Å²) < 4.78 is 1.72. The molecule has 3 aromatic rings. The number of hydrogen-bond donors (Lipinski definition) is 4. The molecular formula is C29H31ClN6O2. The number of nitrogens with two attached hydrogens (primary N) is 1. The smallest absolute Gasteiger partial charge is 0.251 e. The van der Waals surface area contributed by atoms with Crippen molar-refractivity contribution in [2.75, 3.05) is 24.1 Å². The number of halogens is 1. The van der Waals surface area contributed by atoms with Crippen LogP contribution in [0.1, 0.15) is 59.9 Å². The number of hydrogen-bond acceptors (Lipinski definition) is 5. The number of carbonyl (C=O) groups is 2. The van der Waals surface area contributed by atoms with Gasteiger partial charge in [0, 0.05) is 52.1 Å². The van der Waals surface area contributed by atoms with Crippen LogP contribution in [0.2, 0.25) is 0 Å². The Hall–Kier alpha value is -4.04. The predicted molar refractivity (Wildman–Crippen MR) is 153 cm³/mol. The highest BCUT2D eigenvalue weighted by atomic mass is 35.5. The highest BCUT2D eigenvalue weighted by molar-refractivity contribution is 6.29. The van der Waals surface area contributed by atoms with Crippen molar-refractivity contribution in [1.82, 2.24) is 20.1 Å². The van der Waals surface area contributed by atoms with E-state index in [1.807, 2.05) is 54.8 Å². The van der Waals surface area contributed by atoms with Crippen molar-refractivity contribution < 1.29 is 9.59 Å². The Bertz CT molecular complexity index is 1520. The molecule has 0 atom stereocenters. The Morgan fingerprint density at radius 1 is 1.08 bits per heavy atom. The van der Waals surface area contributed by atoms with E-state index in [9.17, 15) is 9.59 Å².